The molecule has 5 rings (SSSR count). The highest BCUT2D eigenvalue weighted by Crippen LogP contribution is 2.29. The maximum absolute atomic E-state index is 14.7. The number of rotatable bonds is 6. The number of fused-ring (bicyclic) bond motifs is 1. The van der Waals surface area contributed by atoms with Gasteiger partial charge in [0, 0.05) is 37.5 Å². The highest BCUT2D eigenvalue weighted by molar-refractivity contribution is 5.84. The van der Waals surface area contributed by atoms with Gasteiger partial charge in [-0.1, -0.05) is 26.0 Å². The van der Waals surface area contributed by atoms with Crippen LogP contribution in [0.2, 0.25) is 0 Å². The summed E-state index contributed by atoms with van der Waals surface area (Å²) < 4.78 is 27.4. The van der Waals surface area contributed by atoms with Crippen LogP contribution < -0.4 is 0 Å². The molecular formula is C27H37FN6O3. The number of aromatic nitrogens is 4. The molecule has 0 radical (unpaired) electrons. The van der Waals surface area contributed by atoms with Crippen molar-refractivity contribution in [3.63, 3.8) is 0 Å². The molecule has 1 amide bonds. The third-order valence-corrected chi connectivity index (χ3v) is 7.18. The lowest BCUT2D eigenvalue weighted by atomic mass is 10.1. The quantitative estimate of drug-likeness (QED) is 0.462. The molecule has 2 aromatic heterocycles. The van der Waals surface area contributed by atoms with Gasteiger partial charge in [-0.3, -0.25) is 0 Å². The standard InChI is InChI=1S/C27H37FN6O3/c1-17(2)23-20-9-6-10-21(28)24(20)34(30-23)25-29-22(37-31-25)14-18-11-13-32(15-18)16-19-8-7-12-33(19)26(35)36-27(3,4)5/h6,9-10,17-19H,7-8,11-16H2,1-5H3/t18-,19-/m0/s1. The average Bonchev–Trinajstić information content (AvgIpc) is 3.59. The monoisotopic (exact) mass is 512 g/mol. The Labute approximate surface area is 216 Å². The molecule has 37 heavy (non-hydrogen) atoms. The number of benzene rings is 1. The summed E-state index contributed by atoms with van der Waals surface area (Å²) in [6.07, 6.45) is 3.47. The molecule has 0 spiro atoms. The van der Waals surface area contributed by atoms with Crippen molar-refractivity contribution in [2.45, 2.75) is 77.9 Å². The Balaban J connectivity index is 1.22. The molecule has 2 saturated heterocycles. The van der Waals surface area contributed by atoms with Crippen LogP contribution in [0.3, 0.4) is 0 Å². The van der Waals surface area contributed by atoms with Gasteiger partial charge in [0.2, 0.25) is 5.89 Å². The molecule has 200 valence electrons. The lowest BCUT2D eigenvalue weighted by Crippen LogP contribution is -2.44. The summed E-state index contributed by atoms with van der Waals surface area (Å²) in [6, 6.07) is 5.18. The topological polar surface area (TPSA) is 89.5 Å². The van der Waals surface area contributed by atoms with Crippen molar-refractivity contribution in [3.05, 3.63) is 35.6 Å². The molecule has 10 heteroatoms. The van der Waals surface area contributed by atoms with Gasteiger partial charge in [-0.05, 0) is 69.6 Å². The Kier molecular flexibility index (Phi) is 6.95. The lowest BCUT2D eigenvalue weighted by Gasteiger charge is -2.30. The second-order valence-corrected chi connectivity index (χ2v) is 11.7. The maximum atomic E-state index is 14.7. The Bertz CT molecular complexity index is 1260. The van der Waals surface area contributed by atoms with Crippen LogP contribution in [0.15, 0.2) is 22.7 Å². The van der Waals surface area contributed by atoms with Crippen molar-refractivity contribution in [1.82, 2.24) is 29.7 Å². The largest absolute Gasteiger partial charge is 0.444 e. The average molecular weight is 513 g/mol. The first-order chi connectivity index (χ1) is 17.6. The number of hydrogen-bond acceptors (Lipinski definition) is 7. The van der Waals surface area contributed by atoms with Crippen molar-refractivity contribution in [3.8, 4) is 5.95 Å². The van der Waals surface area contributed by atoms with E-state index in [9.17, 15) is 9.18 Å². The molecule has 2 fully saturated rings. The first-order valence-electron chi connectivity index (χ1n) is 13.3. The van der Waals surface area contributed by atoms with E-state index in [1.54, 1.807) is 6.07 Å². The first kappa shape index (κ1) is 25.6. The molecule has 0 unspecified atom stereocenters. The van der Waals surface area contributed by atoms with Crippen molar-refractivity contribution >= 4 is 17.0 Å². The molecule has 1 aromatic carbocycles. The molecule has 0 bridgehead atoms. The van der Waals surface area contributed by atoms with E-state index in [4.69, 9.17) is 9.26 Å². The Hall–Kier alpha value is -3.01. The number of carbonyl (C=O) groups is 1. The van der Waals surface area contributed by atoms with Gasteiger partial charge in [-0.25, -0.2) is 9.18 Å². The summed E-state index contributed by atoms with van der Waals surface area (Å²) in [5.74, 6) is 0.937. The number of halogens is 1. The van der Waals surface area contributed by atoms with Crippen molar-refractivity contribution in [2.24, 2.45) is 5.92 Å². The predicted octanol–water partition coefficient (Wildman–Crippen LogP) is 4.93. The van der Waals surface area contributed by atoms with Crippen LogP contribution in [-0.2, 0) is 11.2 Å². The highest BCUT2D eigenvalue weighted by Gasteiger charge is 2.35. The number of para-hydroxylation sites is 1. The fraction of sp³-hybridized carbons (Fsp3) is 0.630. The number of carbonyl (C=O) groups excluding carboxylic acids is 1. The van der Waals surface area contributed by atoms with E-state index < -0.39 is 5.60 Å². The van der Waals surface area contributed by atoms with Gasteiger partial charge < -0.3 is 19.1 Å². The third kappa shape index (κ3) is 5.49. The van der Waals surface area contributed by atoms with E-state index in [0.717, 1.165) is 56.5 Å². The second-order valence-electron chi connectivity index (χ2n) is 11.7. The molecule has 0 aliphatic carbocycles. The van der Waals surface area contributed by atoms with Crippen LogP contribution in [0, 0.1) is 11.7 Å². The van der Waals surface area contributed by atoms with Crippen molar-refractivity contribution in [1.29, 1.82) is 0 Å². The summed E-state index contributed by atoms with van der Waals surface area (Å²) in [5, 5.41) is 9.51. The van der Waals surface area contributed by atoms with Crippen LogP contribution in [0.4, 0.5) is 9.18 Å². The fourth-order valence-corrected chi connectivity index (χ4v) is 5.51. The van der Waals surface area contributed by atoms with Crippen LogP contribution in [0.1, 0.15) is 71.4 Å². The minimum atomic E-state index is -0.490. The number of ether oxygens (including phenoxy) is 1. The lowest BCUT2D eigenvalue weighted by molar-refractivity contribution is 0.0201. The Morgan fingerprint density at radius 2 is 2.05 bits per heavy atom. The zero-order chi connectivity index (χ0) is 26.3. The molecule has 3 aromatic rings. The molecule has 2 aliphatic rings. The van der Waals surface area contributed by atoms with Gasteiger partial charge in [-0.15, -0.1) is 0 Å². The predicted molar refractivity (Wildman–Crippen MR) is 137 cm³/mol. The van der Waals surface area contributed by atoms with Gasteiger partial charge in [0.25, 0.3) is 5.95 Å². The Morgan fingerprint density at radius 3 is 2.81 bits per heavy atom. The van der Waals surface area contributed by atoms with E-state index in [0.29, 0.717) is 23.7 Å². The maximum Gasteiger partial charge on any atom is 0.410 e. The second kappa shape index (κ2) is 10.0. The summed E-state index contributed by atoms with van der Waals surface area (Å²) >= 11 is 0. The summed E-state index contributed by atoms with van der Waals surface area (Å²) in [7, 11) is 0. The van der Waals surface area contributed by atoms with E-state index in [1.807, 2.05) is 45.6 Å². The molecule has 4 heterocycles. The van der Waals surface area contributed by atoms with E-state index in [-0.39, 0.29) is 29.8 Å². The molecular weight excluding hydrogens is 475 g/mol. The number of hydrogen-bond donors (Lipinski definition) is 0. The normalized spacial score (nSPS) is 21.0. The summed E-state index contributed by atoms with van der Waals surface area (Å²) in [5.41, 5.74) is 0.688. The highest BCUT2D eigenvalue weighted by atomic mass is 19.1. The first-order valence-corrected chi connectivity index (χ1v) is 13.3. The summed E-state index contributed by atoms with van der Waals surface area (Å²) in [4.78, 5) is 21.5. The number of likely N-dealkylation sites (tertiary alicyclic amines) is 2. The zero-order valence-electron chi connectivity index (χ0n) is 22.4. The molecule has 2 aliphatic heterocycles. The van der Waals surface area contributed by atoms with E-state index in [1.165, 1.54) is 10.7 Å². The molecule has 0 saturated carbocycles. The SMILES string of the molecule is CC(C)c1nn(-c2noc(C[C@@H]3CCN(C[C@@H]4CCCN4C(=O)OC(C)(C)C)C3)n2)c2c(F)cccc12. The van der Waals surface area contributed by atoms with Crippen LogP contribution in [0.5, 0.6) is 0 Å². The minimum absolute atomic E-state index is 0.132. The zero-order valence-corrected chi connectivity index (χ0v) is 22.4. The van der Waals surface area contributed by atoms with Crippen LogP contribution >= 0.6 is 0 Å². The van der Waals surface area contributed by atoms with Gasteiger partial charge >= 0.3 is 6.09 Å². The Morgan fingerprint density at radius 1 is 1.24 bits per heavy atom. The van der Waals surface area contributed by atoms with Gasteiger partial charge in [-0.2, -0.15) is 14.8 Å². The smallest absolute Gasteiger partial charge is 0.410 e. The van der Waals surface area contributed by atoms with Crippen molar-refractivity contribution < 1.29 is 18.4 Å². The minimum Gasteiger partial charge on any atom is -0.444 e. The molecule has 0 N–H and O–H groups in total. The van der Waals surface area contributed by atoms with Crippen LogP contribution in [-0.4, -0.2) is 73.6 Å². The molecule has 2 atom stereocenters. The third-order valence-electron chi connectivity index (χ3n) is 7.18. The molecule has 9 nitrogen and oxygen atoms in total. The fourth-order valence-electron chi connectivity index (χ4n) is 5.51. The van der Waals surface area contributed by atoms with E-state index in [2.05, 4.69) is 20.1 Å². The number of amides is 1. The van der Waals surface area contributed by atoms with Gasteiger partial charge in [0.15, 0.2) is 0 Å². The van der Waals surface area contributed by atoms with Crippen LogP contribution in [0.25, 0.3) is 16.9 Å². The van der Waals surface area contributed by atoms with Gasteiger partial charge in [0.1, 0.15) is 16.9 Å². The van der Waals surface area contributed by atoms with Gasteiger partial charge in [0.05, 0.1) is 5.69 Å². The number of nitrogens with zero attached hydrogens (tertiary/aromatic N) is 6. The summed E-state index contributed by atoms with van der Waals surface area (Å²) in [6.45, 7) is 13.2. The van der Waals surface area contributed by atoms with E-state index >= 15 is 0 Å². The van der Waals surface area contributed by atoms with Crippen molar-refractivity contribution in [2.75, 3.05) is 26.2 Å².